The number of Topliss-reactive ketones (excluding diaryl/α,β-unsaturated/α-hetero) is 2. The summed E-state index contributed by atoms with van der Waals surface area (Å²) in [6.07, 6.45) is 1.71. The molecule has 4 aliphatic rings. The van der Waals surface area contributed by atoms with Gasteiger partial charge in [0, 0.05) is 36.2 Å². The second-order valence-electron chi connectivity index (χ2n) is 8.94. The van der Waals surface area contributed by atoms with E-state index in [4.69, 9.17) is 10.5 Å². The number of ketones is 2. The molecule has 172 valence electrons. The lowest BCUT2D eigenvalue weighted by molar-refractivity contribution is -0.164. The number of primary amides is 1. The molecule has 1 aromatic rings. The fourth-order valence-corrected chi connectivity index (χ4v) is 5.83. The molecule has 0 saturated heterocycles. The Morgan fingerprint density at radius 1 is 1.24 bits per heavy atom. The number of rotatable bonds is 3. The van der Waals surface area contributed by atoms with Gasteiger partial charge in [0.05, 0.1) is 11.3 Å². The van der Waals surface area contributed by atoms with Crippen LogP contribution in [0.2, 0.25) is 0 Å². The number of hydrogen-bond donors (Lipinski definition) is 5. The average molecular weight is 453 g/mol. The summed E-state index contributed by atoms with van der Waals surface area (Å²) in [6, 6.07) is 4.73. The van der Waals surface area contributed by atoms with Gasteiger partial charge in [-0.15, -0.1) is 0 Å². The van der Waals surface area contributed by atoms with Crippen LogP contribution in [0.25, 0.3) is 5.76 Å². The Kier molecular flexibility index (Phi) is 4.48. The molecule has 1 aliphatic heterocycles. The minimum atomic E-state index is -2.69. The van der Waals surface area contributed by atoms with Crippen LogP contribution in [0.1, 0.15) is 43.2 Å². The zero-order valence-electron chi connectivity index (χ0n) is 17.7. The number of nitrogens with two attached hydrogens (primary N) is 1. The molecule has 1 saturated carbocycles. The summed E-state index contributed by atoms with van der Waals surface area (Å²) in [4.78, 5) is 38.2. The highest BCUT2D eigenvalue weighted by atomic mass is 16.5. The van der Waals surface area contributed by atoms with Gasteiger partial charge < -0.3 is 30.9 Å². The van der Waals surface area contributed by atoms with E-state index < -0.39 is 70.4 Å². The number of aliphatic hydroxyl groups excluding tert-OH is 2. The number of amides is 1. The lowest BCUT2D eigenvalue weighted by Crippen LogP contribution is -2.65. The van der Waals surface area contributed by atoms with Crippen molar-refractivity contribution in [3.63, 3.8) is 0 Å². The number of phenols is 1. The first-order chi connectivity index (χ1) is 15.6. The molecule has 3 aliphatic carbocycles. The normalized spacial score (nSPS) is 32.5. The number of aliphatic hydroxyl groups is 3. The average Bonchev–Trinajstić information content (AvgIpc) is 2.75. The predicted molar refractivity (Wildman–Crippen MR) is 114 cm³/mol. The van der Waals surface area contributed by atoms with Crippen LogP contribution in [0.5, 0.6) is 5.75 Å². The van der Waals surface area contributed by atoms with E-state index in [0.717, 1.165) is 6.42 Å². The van der Waals surface area contributed by atoms with Crippen molar-refractivity contribution in [3.8, 4) is 5.75 Å². The summed E-state index contributed by atoms with van der Waals surface area (Å²) in [5.41, 5.74) is 2.13. The molecule has 0 aromatic heterocycles. The lowest BCUT2D eigenvalue weighted by atomic mass is 9.54. The molecule has 0 bridgehead atoms. The van der Waals surface area contributed by atoms with Crippen molar-refractivity contribution in [2.75, 3.05) is 0 Å². The fraction of sp³-hybridized carbons (Fsp3) is 0.375. The smallest absolute Gasteiger partial charge is 0.255 e. The number of phenolic OH excluding ortho intramolecular Hbond substituents is 1. The quantitative estimate of drug-likeness (QED) is 0.431. The number of carbonyl (C=O) groups is 3. The van der Waals surface area contributed by atoms with E-state index in [1.165, 1.54) is 6.07 Å². The van der Waals surface area contributed by atoms with Crippen molar-refractivity contribution in [2.24, 2.45) is 17.6 Å². The van der Waals surface area contributed by atoms with Crippen LogP contribution >= 0.6 is 0 Å². The predicted octanol–water partition coefficient (Wildman–Crippen LogP) is 1.66. The summed E-state index contributed by atoms with van der Waals surface area (Å²) >= 11 is 0. The largest absolute Gasteiger partial charge is 0.508 e. The van der Waals surface area contributed by atoms with Gasteiger partial charge in [-0.25, -0.2) is 0 Å². The van der Waals surface area contributed by atoms with E-state index in [1.807, 2.05) is 13.0 Å². The van der Waals surface area contributed by atoms with Crippen LogP contribution in [-0.4, -0.2) is 49.6 Å². The topological polar surface area (TPSA) is 167 Å². The summed E-state index contributed by atoms with van der Waals surface area (Å²) in [7, 11) is 0. The molecule has 0 spiro atoms. The number of aromatic hydroxyl groups is 1. The minimum absolute atomic E-state index is 0.0578. The van der Waals surface area contributed by atoms with Crippen LogP contribution in [0.4, 0.5) is 0 Å². The van der Waals surface area contributed by atoms with Gasteiger partial charge in [0.15, 0.2) is 11.4 Å². The molecule has 6 N–H and O–H groups in total. The standard InChI is InChI=1S/C24H23NO8/c1-2-4-9-7-11-10-5-3-6-13(26)15(10)19(28)18-16(11)20(33-9)12-8-14(27)17(23(25)31)21(29)24(12,32)22(18)30/h3,5-7,11-12,16,20,26,28-29,32H,2,4,8H2,1H3,(H2,25,31)/t11-,12+,16+,20+,24+/m0/s1. The Hall–Kier alpha value is -3.59. The first-order valence-corrected chi connectivity index (χ1v) is 10.8. The summed E-state index contributed by atoms with van der Waals surface area (Å²) in [5.74, 6) is -6.90. The van der Waals surface area contributed by atoms with Crippen molar-refractivity contribution < 1.29 is 39.5 Å². The van der Waals surface area contributed by atoms with Crippen LogP contribution in [-0.2, 0) is 19.1 Å². The van der Waals surface area contributed by atoms with E-state index in [0.29, 0.717) is 17.7 Å². The molecule has 5 rings (SSSR count). The lowest BCUT2D eigenvalue weighted by Gasteiger charge is -2.53. The van der Waals surface area contributed by atoms with Gasteiger partial charge in [0.25, 0.3) is 5.91 Å². The Bertz CT molecular complexity index is 1220. The molecular weight excluding hydrogens is 430 g/mol. The second kappa shape index (κ2) is 6.95. The highest BCUT2D eigenvalue weighted by molar-refractivity contribution is 6.23. The molecule has 1 aromatic carbocycles. The molecule has 0 unspecified atom stereocenters. The van der Waals surface area contributed by atoms with Gasteiger partial charge in [-0.2, -0.15) is 0 Å². The van der Waals surface area contributed by atoms with E-state index in [-0.39, 0.29) is 16.9 Å². The third-order valence-electron chi connectivity index (χ3n) is 7.20. The second-order valence-corrected chi connectivity index (χ2v) is 8.94. The third-order valence-corrected chi connectivity index (χ3v) is 7.20. The Labute approximate surface area is 188 Å². The van der Waals surface area contributed by atoms with Crippen molar-refractivity contribution >= 4 is 23.2 Å². The van der Waals surface area contributed by atoms with Gasteiger partial charge >= 0.3 is 0 Å². The maximum Gasteiger partial charge on any atom is 0.255 e. The number of carbonyl (C=O) groups excluding carboxylic acids is 3. The fourth-order valence-electron chi connectivity index (χ4n) is 5.83. The van der Waals surface area contributed by atoms with E-state index in [9.17, 15) is 34.8 Å². The molecule has 5 atom stereocenters. The van der Waals surface area contributed by atoms with Gasteiger partial charge in [0.2, 0.25) is 5.78 Å². The molecule has 9 nitrogen and oxygen atoms in total. The molecular formula is C24H23NO8. The Balaban J connectivity index is 1.82. The highest BCUT2D eigenvalue weighted by Crippen LogP contribution is 2.58. The minimum Gasteiger partial charge on any atom is -0.508 e. The van der Waals surface area contributed by atoms with Crippen molar-refractivity contribution in [1.29, 1.82) is 0 Å². The molecule has 1 amide bonds. The highest BCUT2D eigenvalue weighted by Gasteiger charge is 2.67. The Morgan fingerprint density at radius 3 is 2.64 bits per heavy atom. The molecule has 1 fully saturated rings. The summed E-state index contributed by atoms with van der Waals surface area (Å²) < 4.78 is 6.18. The van der Waals surface area contributed by atoms with Crippen molar-refractivity contribution in [2.45, 2.75) is 43.8 Å². The molecule has 1 heterocycles. The van der Waals surface area contributed by atoms with Crippen molar-refractivity contribution in [1.82, 2.24) is 0 Å². The van der Waals surface area contributed by atoms with E-state index in [1.54, 1.807) is 12.1 Å². The van der Waals surface area contributed by atoms with Gasteiger partial charge in [-0.05, 0) is 24.1 Å². The number of fused-ring (bicyclic) bond motifs is 4. The molecule has 0 radical (unpaired) electrons. The maximum absolute atomic E-state index is 13.7. The van der Waals surface area contributed by atoms with Gasteiger partial charge in [-0.1, -0.05) is 19.1 Å². The number of allylic oxidation sites excluding steroid dienone is 2. The number of ether oxygens (including phenoxy) is 1. The van der Waals surface area contributed by atoms with Crippen LogP contribution in [0, 0.1) is 11.8 Å². The van der Waals surface area contributed by atoms with Crippen LogP contribution in [0.3, 0.4) is 0 Å². The van der Waals surface area contributed by atoms with Crippen LogP contribution in [0.15, 0.2) is 46.9 Å². The van der Waals surface area contributed by atoms with Crippen molar-refractivity contribution in [3.05, 3.63) is 58.1 Å². The molecule has 9 heteroatoms. The first kappa shape index (κ1) is 21.3. The number of benzene rings is 1. The van der Waals surface area contributed by atoms with Gasteiger partial charge in [0.1, 0.15) is 28.9 Å². The maximum atomic E-state index is 13.7. The number of hydrogen-bond acceptors (Lipinski definition) is 8. The summed E-state index contributed by atoms with van der Waals surface area (Å²) in [6.45, 7) is 1.95. The van der Waals surface area contributed by atoms with Crippen LogP contribution < -0.4 is 5.73 Å². The monoisotopic (exact) mass is 453 g/mol. The van der Waals surface area contributed by atoms with Gasteiger partial charge in [-0.3, -0.25) is 14.4 Å². The Morgan fingerprint density at radius 2 is 1.97 bits per heavy atom. The molecule has 33 heavy (non-hydrogen) atoms. The first-order valence-electron chi connectivity index (χ1n) is 10.8. The van der Waals surface area contributed by atoms with E-state index >= 15 is 0 Å². The SMILES string of the molecule is CCCC1=C[C@H]2c3cccc(O)c3C(O)=C3C(=O)[C@]4(O)C(O)=C(C(N)=O)C(=O)C[C@@H]4[C@@H](O1)[C@@H]32. The van der Waals surface area contributed by atoms with E-state index in [2.05, 4.69) is 0 Å². The zero-order chi connectivity index (χ0) is 23.8. The third kappa shape index (κ3) is 2.59. The summed E-state index contributed by atoms with van der Waals surface area (Å²) in [5, 5.41) is 43.9. The zero-order valence-corrected chi connectivity index (χ0v) is 17.7.